The van der Waals surface area contributed by atoms with Gasteiger partial charge in [-0.3, -0.25) is 0 Å². The summed E-state index contributed by atoms with van der Waals surface area (Å²) in [5, 5.41) is 22.0. The average molecular weight is 239 g/mol. The van der Waals surface area contributed by atoms with Crippen molar-refractivity contribution in [3.8, 4) is 0 Å². The van der Waals surface area contributed by atoms with Gasteiger partial charge in [0, 0.05) is 11.4 Å². The zero-order chi connectivity index (χ0) is 11.5. The Bertz CT molecular complexity index is 485. The van der Waals surface area contributed by atoms with Crippen LogP contribution in [0.5, 0.6) is 0 Å². The fraction of sp³-hybridized carbons (Fsp3) is 0.300. The number of aromatic nitrogens is 4. The molecule has 0 aliphatic rings. The topological polar surface area (TPSA) is 63.8 Å². The molecule has 2 aromatic rings. The molecular formula is C10H11ClN4O. The summed E-state index contributed by atoms with van der Waals surface area (Å²) < 4.78 is 0. The minimum absolute atomic E-state index is 0.303. The van der Waals surface area contributed by atoms with Crippen molar-refractivity contribution in [2.24, 2.45) is 7.05 Å². The van der Waals surface area contributed by atoms with E-state index >= 15 is 0 Å². The van der Waals surface area contributed by atoms with Crippen molar-refractivity contribution in [2.75, 3.05) is 0 Å². The van der Waals surface area contributed by atoms with E-state index in [1.54, 1.807) is 19.2 Å². The lowest BCUT2D eigenvalue weighted by molar-refractivity contribution is 0.176. The van der Waals surface area contributed by atoms with E-state index in [0.29, 0.717) is 22.8 Å². The maximum absolute atomic E-state index is 9.96. The predicted molar refractivity (Wildman–Crippen MR) is 58.9 cm³/mol. The summed E-state index contributed by atoms with van der Waals surface area (Å²) in [5.41, 5.74) is 0.677. The Hall–Kier alpha value is -1.46. The molecule has 0 saturated carbocycles. The Balaban J connectivity index is 2.14. The van der Waals surface area contributed by atoms with E-state index in [4.69, 9.17) is 11.6 Å². The molecule has 1 unspecified atom stereocenters. The van der Waals surface area contributed by atoms with Crippen molar-refractivity contribution in [3.63, 3.8) is 0 Å². The maximum atomic E-state index is 9.96. The van der Waals surface area contributed by atoms with Gasteiger partial charge in [-0.05, 0) is 16.8 Å². The summed E-state index contributed by atoms with van der Waals surface area (Å²) in [6, 6.07) is 7.17. The molecule has 0 amide bonds. The zero-order valence-electron chi connectivity index (χ0n) is 8.71. The van der Waals surface area contributed by atoms with Crippen LogP contribution in [0.2, 0.25) is 5.02 Å². The van der Waals surface area contributed by atoms with Gasteiger partial charge in [-0.1, -0.05) is 29.8 Å². The van der Waals surface area contributed by atoms with Gasteiger partial charge in [-0.25, -0.2) is 0 Å². The molecule has 1 heterocycles. The molecule has 16 heavy (non-hydrogen) atoms. The highest BCUT2D eigenvalue weighted by Gasteiger charge is 2.14. The van der Waals surface area contributed by atoms with Crippen LogP contribution in [0.1, 0.15) is 17.5 Å². The molecule has 2 rings (SSSR count). The second kappa shape index (κ2) is 4.59. The summed E-state index contributed by atoms with van der Waals surface area (Å²) in [7, 11) is 1.68. The number of hydrogen-bond donors (Lipinski definition) is 1. The third-order valence-electron chi connectivity index (χ3n) is 2.19. The molecule has 0 saturated heterocycles. The largest absolute Gasteiger partial charge is 0.388 e. The molecule has 0 aliphatic carbocycles. The number of halogens is 1. The first kappa shape index (κ1) is 11.0. The van der Waals surface area contributed by atoms with Crippen molar-refractivity contribution in [1.82, 2.24) is 20.2 Å². The molecule has 1 aromatic carbocycles. The van der Waals surface area contributed by atoms with E-state index < -0.39 is 6.10 Å². The van der Waals surface area contributed by atoms with Crippen LogP contribution < -0.4 is 0 Å². The fourth-order valence-electron chi connectivity index (χ4n) is 1.43. The summed E-state index contributed by atoms with van der Waals surface area (Å²) in [6.45, 7) is 0. The molecule has 0 radical (unpaired) electrons. The van der Waals surface area contributed by atoms with Gasteiger partial charge in [0.15, 0.2) is 5.82 Å². The number of benzene rings is 1. The van der Waals surface area contributed by atoms with Gasteiger partial charge in [-0.15, -0.1) is 10.2 Å². The number of aliphatic hydroxyl groups excluding tert-OH is 1. The number of hydrogen-bond acceptors (Lipinski definition) is 4. The van der Waals surface area contributed by atoms with Gasteiger partial charge in [-0.2, -0.15) is 4.80 Å². The van der Waals surface area contributed by atoms with Gasteiger partial charge in [0.05, 0.1) is 13.2 Å². The highest BCUT2D eigenvalue weighted by Crippen LogP contribution is 2.24. The van der Waals surface area contributed by atoms with E-state index in [9.17, 15) is 5.11 Å². The summed E-state index contributed by atoms with van der Waals surface area (Å²) in [5.74, 6) is 0.495. The highest BCUT2D eigenvalue weighted by molar-refractivity contribution is 6.31. The molecular weight excluding hydrogens is 228 g/mol. The highest BCUT2D eigenvalue weighted by atomic mass is 35.5. The summed E-state index contributed by atoms with van der Waals surface area (Å²) in [4.78, 5) is 1.36. The SMILES string of the molecule is Cn1nnc(CC(O)c2ccccc2Cl)n1. The fourth-order valence-corrected chi connectivity index (χ4v) is 1.69. The molecule has 1 aromatic heterocycles. The smallest absolute Gasteiger partial charge is 0.177 e. The maximum Gasteiger partial charge on any atom is 0.177 e. The van der Waals surface area contributed by atoms with Crippen molar-refractivity contribution >= 4 is 11.6 Å². The lowest BCUT2D eigenvalue weighted by Crippen LogP contribution is -2.04. The van der Waals surface area contributed by atoms with Gasteiger partial charge in [0.2, 0.25) is 0 Å². The molecule has 0 bridgehead atoms. The number of nitrogens with zero attached hydrogens (tertiary/aromatic N) is 4. The molecule has 1 N–H and O–H groups in total. The first-order valence-electron chi connectivity index (χ1n) is 4.82. The number of aliphatic hydroxyl groups is 1. The number of rotatable bonds is 3. The monoisotopic (exact) mass is 238 g/mol. The van der Waals surface area contributed by atoms with Crippen molar-refractivity contribution in [3.05, 3.63) is 40.7 Å². The molecule has 84 valence electrons. The third-order valence-corrected chi connectivity index (χ3v) is 2.53. The Kier molecular flexibility index (Phi) is 3.17. The van der Waals surface area contributed by atoms with E-state index in [2.05, 4.69) is 15.4 Å². The Morgan fingerprint density at radius 2 is 2.19 bits per heavy atom. The zero-order valence-corrected chi connectivity index (χ0v) is 9.46. The molecule has 6 heteroatoms. The first-order valence-corrected chi connectivity index (χ1v) is 5.20. The van der Waals surface area contributed by atoms with Gasteiger partial charge in [0.25, 0.3) is 0 Å². The van der Waals surface area contributed by atoms with Crippen LogP contribution in [0.25, 0.3) is 0 Å². The lowest BCUT2D eigenvalue weighted by Gasteiger charge is -2.09. The first-order chi connectivity index (χ1) is 7.66. The van der Waals surface area contributed by atoms with Crippen LogP contribution in [0, 0.1) is 0 Å². The van der Waals surface area contributed by atoms with E-state index in [1.165, 1.54) is 4.80 Å². The molecule has 5 nitrogen and oxygen atoms in total. The standard InChI is InChI=1S/C10H11ClN4O/c1-15-13-10(12-14-15)6-9(16)7-4-2-3-5-8(7)11/h2-5,9,16H,6H2,1H3. The predicted octanol–water partition coefficient (Wildman–Crippen LogP) is 1.14. The van der Waals surface area contributed by atoms with Crippen LogP contribution in [-0.2, 0) is 13.5 Å². The Labute approximate surface area is 97.7 Å². The minimum Gasteiger partial charge on any atom is -0.388 e. The summed E-state index contributed by atoms with van der Waals surface area (Å²) in [6.07, 6.45) is -0.407. The second-order valence-corrected chi connectivity index (χ2v) is 3.84. The van der Waals surface area contributed by atoms with Crippen LogP contribution in [0.15, 0.2) is 24.3 Å². The van der Waals surface area contributed by atoms with Gasteiger partial charge >= 0.3 is 0 Å². The number of tetrazole rings is 1. The minimum atomic E-state index is -0.710. The van der Waals surface area contributed by atoms with E-state index in [-0.39, 0.29) is 0 Å². The van der Waals surface area contributed by atoms with Crippen molar-refractivity contribution < 1.29 is 5.11 Å². The van der Waals surface area contributed by atoms with E-state index in [1.807, 2.05) is 12.1 Å². The second-order valence-electron chi connectivity index (χ2n) is 3.44. The third kappa shape index (κ3) is 2.37. The normalized spacial score (nSPS) is 12.7. The Morgan fingerprint density at radius 3 is 2.81 bits per heavy atom. The van der Waals surface area contributed by atoms with Crippen LogP contribution in [0.4, 0.5) is 0 Å². The molecule has 0 fully saturated rings. The van der Waals surface area contributed by atoms with Crippen LogP contribution in [0.3, 0.4) is 0 Å². The molecule has 1 atom stereocenters. The van der Waals surface area contributed by atoms with E-state index in [0.717, 1.165) is 0 Å². The van der Waals surface area contributed by atoms with Crippen molar-refractivity contribution in [2.45, 2.75) is 12.5 Å². The summed E-state index contributed by atoms with van der Waals surface area (Å²) >= 11 is 5.97. The van der Waals surface area contributed by atoms with Crippen LogP contribution in [-0.4, -0.2) is 25.3 Å². The van der Waals surface area contributed by atoms with Gasteiger partial charge in [0.1, 0.15) is 0 Å². The lowest BCUT2D eigenvalue weighted by atomic mass is 10.1. The quantitative estimate of drug-likeness (QED) is 0.871. The van der Waals surface area contributed by atoms with Crippen LogP contribution >= 0.6 is 11.6 Å². The molecule has 0 aliphatic heterocycles. The Morgan fingerprint density at radius 1 is 1.44 bits per heavy atom. The van der Waals surface area contributed by atoms with Crippen molar-refractivity contribution in [1.29, 1.82) is 0 Å². The molecule has 0 spiro atoms. The van der Waals surface area contributed by atoms with Gasteiger partial charge < -0.3 is 5.11 Å². The average Bonchev–Trinajstić information content (AvgIpc) is 2.64. The number of aryl methyl sites for hydroxylation is 1.